The van der Waals surface area contributed by atoms with Crippen molar-refractivity contribution < 1.29 is 0 Å². The molecule has 0 spiro atoms. The predicted molar refractivity (Wildman–Crippen MR) is 82.8 cm³/mol. The fraction of sp³-hybridized carbons (Fsp3) is 0. The molecule has 3 N–H and O–H groups in total. The number of nitrogens with one attached hydrogen (secondary N) is 1. The predicted octanol–water partition coefficient (Wildman–Crippen LogP) is 4.04. The van der Waals surface area contributed by atoms with Gasteiger partial charge in [0.05, 0.1) is 5.56 Å². The maximum atomic E-state index is 9.02. The van der Waals surface area contributed by atoms with Crippen LogP contribution in [0, 0.1) is 11.3 Å². The van der Waals surface area contributed by atoms with Crippen LogP contribution in [-0.4, -0.2) is 0 Å². The molecule has 0 amide bonds. The van der Waals surface area contributed by atoms with Crippen LogP contribution in [0.1, 0.15) is 5.56 Å². The van der Waals surface area contributed by atoms with Crippen molar-refractivity contribution in [2.75, 3.05) is 11.1 Å². The van der Waals surface area contributed by atoms with Crippen LogP contribution >= 0.6 is 0 Å². The minimum atomic E-state index is 0.482. The Kier molecular flexibility index (Phi) is 2.98. The Morgan fingerprint density at radius 1 is 0.950 bits per heavy atom. The normalized spacial score (nSPS) is 10.2. The van der Waals surface area contributed by atoms with E-state index in [4.69, 9.17) is 11.0 Å². The molecule has 0 aromatic heterocycles. The summed E-state index contributed by atoms with van der Waals surface area (Å²) in [4.78, 5) is 0. The maximum Gasteiger partial charge on any atom is 0.101 e. The lowest BCUT2D eigenvalue weighted by Gasteiger charge is -2.10. The van der Waals surface area contributed by atoms with E-state index in [-0.39, 0.29) is 0 Å². The Hall–Kier alpha value is -2.99. The largest absolute Gasteiger partial charge is 0.398 e. The van der Waals surface area contributed by atoms with Gasteiger partial charge in [0, 0.05) is 22.4 Å². The Morgan fingerprint density at radius 2 is 1.75 bits per heavy atom. The zero-order chi connectivity index (χ0) is 13.9. The Balaban J connectivity index is 2.04. The molecular formula is C17H13N3. The third-order valence-corrected chi connectivity index (χ3v) is 3.24. The number of benzene rings is 3. The van der Waals surface area contributed by atoms with Crippen LogP contribution in [0.3, 0.4) is 0 Å². The lowest BCUT2D eigenvalue weighted by Crippen LogP contribution is -1.95. The first-order valence-corrected chi connectivity index (χ1v) is 6.32. The number of hydrogen-bond acceptors (Lipinski definition) is 3. The van der Waals surface area contributed by atoms with Gasteiger partial charge < -0.3 is 11.1 Å². The second-order valence-corrected chi connectivity index (χ2v) is 4.57. The molecule has 0 fully saturated rings. The second-order valence-electron chi connectivity index (χ2n) is 4.57. The van der Waals surface area contributed by atoms with Gasteiger partial charge >= 0.3 is 0 Å². The van der Waals surface area contributed by atoms with Crippen LogP contribution in [0.15, 0.2) is 60.7 Å². The zero-order valence-electron chi connectivity index (χ0n) is 10.8. The molecule has 0 unspecified atom stereocenters. The third-order valence-electron chi connectivity index (χ3n) is 3.24. The van der Waals surface area contributed by atoms with E-state index in [0.29, 0.717) is 11.3 Å². The number of fused-ring (bicyclic) bond motifs is 1. The monoisotopic (exact) mass is 259 g/mol. The molecule has 3 nitrogen and oxygen atoms in total. The summed E-state index contributed by atoms with van der Waals surface area (Å²) >= 11 is 0. The molecule has 0 radical (unpaired) electrons. The van der Waals surface area contributed by atoms with E-state index in [0.717, 1.165) is 16.8 Å². The van der Waals surface area contributed by atoms with Gasteiger partial charge in [0.25, 0.3) is 0 Å². The summed E-state index contributed by atoms with van der Waals surface area (Å²) < 4.78 is 0. The smallest absolute Gasteiger partial charge is 0.101 e. The van der Waals surface area contributed by atoms with E-state index in [1.807, 2.05) is 30.3 Å². The van der Waals surface area contributed by atoms with Crippen molar-refractivity contribution in [3.05, 3.63) is 66.2 Å². The molecule has 0 aliphatic carbocycles. The van der Waals surface area contributed by atoms with Gasteiger partial charge in [-0.25, -0.2) is 0 Å². The topological polar surface area (TPSA) is 61.8 Å². The highest BCUT2D eigenvalue weighted by atomic mass is 14.9. The highest BCUT2D eigenvalue weighted by Crippen LogP contribution is 2.27. The molecule has 0 heterocycles. The van der Waals surface area contributed by atoms with E-state index in [2.05, 4.69) is 29.6 Å². The van der Waals surface area contributed by atoms with E-state index in [1.54, 1.807) is 12.1 Å². The first kappa shape index (κ1) is 12.1. The number of anilines is 3. The van der Waals surface area contributed by atoms with Crippen LogP contribution < -0.4 is 11.1 Å². The lowest BCUT2D eigenvalue weighted by molar-refractivity contribution is 1.47. The molecule has 0 atom stereocenters. The van der Waals surface area contributed by atoms with Crippen molar-refractivity contribution in [2.24, 2.45) is 0 Å². The minimum Gasteiger partial charge on any atom is -0.398 e. The van der Waals surface area contributed by atoms with Crippen molar-refractivity contribution in [2.45, 2.75) is 0 Å². The first-order valence-electron chi connectivity index (χ1n) is 6.32. The molecule has 3 aromatic rings. The van der Waals surface area contributed by atoms with Crippen LogP contribution in [-0.2, 0) is 0 Å². The summed E-state index contributed by atoms with van der Waals surface area (Å²) in [5.74, 6) is 0. The van der Waals surface area contributed by atoms with Gasteiger partial charge in [0.15, 0.2) is 0 Å². The minimum absolute atomic E-state index is 0.482. The van der Waals surface area contributed by atoms with Crippen LogP contribution in [0.25, 0.3) is 10.8 Å². The number of nitrogens with zero attached hydrogens (tertiary/aromatic N) is 1. The Morgan fingerprint density at radius 3 is 2.60 bits per heavy atom. The molecular weight excluding hydrogens is 246 g/mol. The molecule has 3 rings (SSSR count). The van der Waals surface area contributed by atoms with E-state index < -0.39 is 0 Å². The Bertz CT molecular complexity index is 811. The quantitative estimate of drug-likeness (QED) is 0.683. The highest BCUT2D eigenvalue weighted by molar-refractivity contribution is 5.95. The first-order chi connectivity index (χ1) is 9.78. The van der Waals surface area contributed by atoms with Gasteiger partial charge in [-0.2, -0.15) is 5.26 Å². The molecule has 0 bridgehead atoms. The average molecular weight is 259 g/mol. The summed E-state index contributed by atoms with van der Waals surface area (Å²) in [7, 11) is 0. The SMILES string of the molecule is N#Cc1cc(Nc2cccc3ccccc23)ccc1N. The Labute approximate surface area is 117 Å². The van der Waals surface area contributed by atoms with Gasteiger partial charge in [-0.05, 0) is 29.7 Å². The van der Waals surface area contributed by atoms with E-state index in [1.165, 1.54) is 5.39 Å². The van der Waals surface area contributed by atoms with E-state index in [9.17, 15) is 0 Å². The summed E-state index contributed by atoms with van der Waals surface area (Å²) in [6.45, 7) is 0. The summed E-state index contributed by atoms with van der Waals surface area (Å²) in [5, 5.41) is 14.7. The van der Waals surface area contributed by atoms with Crippen LogP contribution in [0.4, 0.5) is 17.1 Å². The van der Waals surface area contributed by atoms with Crippen molar-refractivity contribution in [3.8, 4) is 6.07 Å². The van der Waals surface area contributed by atoms with Crippen molar-refractivity contribution in [1.82, 2.24) is 0 Å². The van der Waals surface area contributed by atoms with Gasteiger partial charge in [0.1, 0.15) is 6.07 Å². The number of rotatable bonds is 2. The van der Waals surface area contributed by atoms with E-state index >= 15 is 0 Å². The molecule has 0 saturated heterocycles. The van der Waals surface area contributed by atoms with Gasteiger partial charge in [-0.15, -0.1) is 0 Å². The van der Waals surface area contributed by atoms with Crippen molar-refractivity contribution in [3.63, 3.8) is 0 Å². The maximum absolute atomic E-state index is 9.02. The average Bonchev–Trinajstić information content (AvgIpc) is 2.49. The number of nitriles is 1. The summed E-state index contributed by atoms with van der Waals surface area (Å²) in [6.07, 6.45) is 0. The fourth-order valence-corrected chi connectivity index (χ4v) is 2.22. The molecule has 0 aliphatic heterocycles. The molecule has 0 aliphatic rings. The van der Waals surface area contributed by atoms with Crippen molar-refractivity contribution in [1.29, 1.82) is 5.26 Å². The van der Waals surface area contributed by atoms with Crippen LogP contribution in [0.2, 0.25) is 0 Å². The van der Waals surface area contributed by atoms with Crippen molar-refractivity contribution >= 4 is 27.8 Å². The molecule has 96 valence electrons. The number of nitrogens with two attached hydrogens (primary N) is 1. The summed E-state index contributed by atoms with van der Waals surface area (Å²) in [5.41, 5.74) is 8.58. The number of nitrogen functional groups attached to an aromatic ring is 1. The lowest BCUT2D eigenvalue weighted by atomic mass is 10.1. The molecule has 20 heavy (non-hydrogen) atoms. The fourth-order valence-electron chi connectivity index (χ4n) is 2.22. The number of hydrogen-bond donors (Lipinski definition) is 2. The molecule has 0 saturated carbocycles. The van der Waals surface area contributed by atoms with Gasteiger partial charge in [-0.3, -0.25) is 0 Å². The van der Waals surface area contributed by atoms with Crippen LogP contribution in [0.5, 0.6) is 0 Å². The van der Waals surface area contributed by atoms with Gasteiger partial charge in [0.2, 0.25) is 0 Å². The molecule has 3 heteroatoms. The molecule has 3 aromatic carbocycles. The third kappa shape index (κ3) is 2.15. The standard InChI is InChI=1S/C17H13N3/c18-11-13-10-14(8-9-16(13)19)20-17-7-3-5-12-4-1-2-6-15(12)17/h1-10,20H,19H2. The summed E-state index contributed by atoms with van der Waals surface area (Å²) in [6, 6.07) is 21.7. The second kappa shape index (κ2) is 4.94. The van der Waals surface area contributed by atoms with Gasteiger partial charge in [-0.1, -0.05) is 36.4 Å². The zero-order valence-corrected chi connectivity index (χ0v) is 10.8. The highest BCUT2D eigenvalue weighted by Gasteiger charge is 2.03.